The van der Waals surface area contributed by atoms with Gasteiger partial charge in [-0.3, -0.25) is 0 Å². The average Bonchev–Trinajstić information content (AvgIpc) is 2.78. The fourth-order valence-corrected chi connectivity index (χ4v) is 3.13. The number of fused-ring (bicyclic) bond motifs is 1. The van der Waals surface area contributed by atoms with Gasteiger partial charge >= 0.3 is 0 Å². The van der Waals surface area contributed by atoms with Gasteiger partial charge in [-0.15, -0.1) is 0 Å². The first kappa shape index (κ1) is 12.4. The van der Waals surface area contributed by atoms with Gasteiger partial charge in [0.05, 0.1) is 6.10 Å². The first-order valence-electron chi connectivity index (χ1n) is 7.00. The molecule has 0 unspecified atom stereocenters. The van der Waals surface area contributed by atoms with Gasteiger partial charge in [0.1, 0.15) is 5.60 Å². The van der Waals surface area contributed by atoms with Crippen LogP contribution in [0.1, 0.15) is 30.5 Å². The van der Waals surface area contributed by atoms with Gasteiger partial charge in [-0.25, -0.2) is 0 Å². The molecule has 0 radical (unpaired) electrons. The number of ether oxygens (including phenoxy) is 1. The van der Waals surface area contributed by atoms with Crippen LogP contribution in [0.5, 0.6) is 0 Å². The molecule has 0 aromatic heterocycles. The zero-order valence-corrected chi connectivity index (χ0v) is 11.6. The standard InChI is InChI=1S/C18H20O/c1-14(2)19-18(17-10-4-3-5-11-17)12-15-8-6-7-9-16(15)13-18/h3-11,14H,12-13H2,1-2H3. The van der Waals surface area contributed by atoms with Crippen molar-refractivity contribution in [2.45, 2.75) is 38.4 Å². The maximum atomic E-state index is 6.37. The summed E-state index contributed by atoms with van der Waals surface area (Å²) in [7, 11) is 0. The predicted molar refractivity (Wildman–Crippen MR) is 78.2 cm³/mol. The van der Waals surface area contributed by atoms with E-state index in [0.717, 1.165) is 12.8 Å². The maximum Gasteiger partial charge on any atom is 0.101 e. The molecule has 0 heterocycles. The summed E-state index contributed by atoms with van der Waals surface area (Å²) in [4.78, 5) is 0. The highest BCUT2D eigenvalue weighted by Gasteiger charge is 2.40. The number of rotatable bonds is 3. The number of benzene rings is 2. The summed E-state index contributed by atoms with van der Waals surface area (Å²) >= 11 is 0. The first-order valence-corrected chi connectivity index (χ1v) is 7.00. The molecule has 1 nitrogen and oxygen atoms in total. The molecular weight excluding hydrogens is 232 g/mol. The summed E-state index contributed by atoms with van der Waals surface area (Å²) in [6.45, 7) is 4.24. The molecule has 0 bridgehead atoms. The van der Waals surface area contributed by atoms with Crippen LogP contribution < -0.4 is 0 Å². The molecule has 2 aromatic rings. The van der Waals surface area contributed by atoms with Crippen LogP contribution in [-0.4, -0.2) is 6.10 Å². The van der Waals surface area contributed by atoms with Crippen molar-refractivity contribution in [3.63, 3.8) is 0 Å². The second-order valence-electron chi connectivity index (χ2n) is 5.65. The van der Waals surface area contributed by atoms with Gasteiger partial charge in [-0.05, 0) is 30.5 Å². The van der Waals surface area contributed by atoms with E-state index in [-0.39, 0.29) is 11.7 Å². The number of hydrogen-bond donors (Lipinski definition) is 0. The van der Waals surface area contributed by atoms with Crippen LogP contribution in [0.25, 0.3) is 0 Å². The SMILES string of the molecule is CC(C)OC1(c2ccccc2)Cc2ccccc2C1. The van der Waals surface area contributed by atoms with Crippen molar-refractivity contribution in [1.29, 1.82) is 0 Å². The predicted octanol–water partition coefficient (Wildman–Crippen LogP) is 4.11. The molecule has 1 aliphatic carbocycles. The molecule has 0 saturated heterocycles. The fraction of sp³-hybridized carbons (Fsp3) is 0.333. The smallest absolute Gasteiger partial charge is 0.101 e. The van der Waals surface area contributed by atoms with Crippen LogP contribution in [-0.2, 0) is 23.2 Å². The lowest BCUT2D eigenvalue weighted by Crippen LogP contribution is -2.33. The van der Waals surface area contributed by atoms with Gasteiger partial charge in [-0.2, -0.15) is 0 Å². The van der Waals surface area contributed by atoms with E-state index >= 15 is 0 Å². The summed E-state index contributed by atoms with van der Waals surface area (Å²) < 4.78 is 6.37. The van der Waals surface area contributed by atoms with E-state index in [1.165, 1.54) is 16.7 Å². The minimum atomic E-state index is -0.181. The minimum Gasteiger partial charge on any atom is -0.367 e. The van der Waals surface area contributed by atoms with Crippen molar-refractivity contribution in [1.82, 2.24) is 0 Å². The highest BCUT2D eigenvalue weighted by Crippen LogP contribution is 2.41. The fourth-order valence-electron chi connectivity index (χ4n) is 3.13. The monoisotopic (exact) mass is 252 g/mol. The van der Waals surface area contributed by atoms with Crippen LogP contribution >= 0.6 is 0 Å². The van der Waals surface area contributed by atoms with E-state index in [2.05, 4.69) is 68.4 Å². The molecule has 0 saturated carbocycles. The molecule has 0 amide bonds. The third-order valence-electron chi connectivity index (χ3n) is 3.83. The molecule has 0 N–H and O–H groups in total. The number of hydrogen-bond acceptors (Lipinski definition) is 1. The Bertz CT molecular complexity index is 532. The summed E-state index contributed by atoms with van der Waals surface area (Å²) in [5.74, 6) is 0. The molecule has 0 atom stereocenters. The minimum absolute atomic E-state index is 0.181. The van der Waals surface area contributed by atoms with E-state index < -0.39 is 0 Å². The molecule has 2 aromatic carbocycles. The third kappa shape index (κ3) is 2.31. The molecule has 3 rings (SSSR count). The van der Waals surface area contributed by atoms with E-state index in [1.807, 2.05) is 0 Å². The topological polar surface area (TPSA) is 9.23 Å². The summed E-state index contributed by atoms with van der Waals surface area (Å²) in [6.07, 6.45) is 2.19. The Morgan fingerprint density at radius 2 is 1.37 bits per heavy atom. The third-order valence-corrected chi connectivity index (χ3v) is 3.83. The molecule has 98 valence electrons. The Morgan fingerprint density at radius 3 is 1.89 bits per heavy atom. The lowest BCUT2D eigenvalue weighted by Gasteiger charge is -2.32. The Balaban J connectivity index is 2.02. The molecule has 1 heteroatoms. The largest absolute Gasteiger partial charge is 0.367 e. The molecule has 0 aliphatic heterocycles. The molecule has 1 aliphatic rings. The summed E-state index contributed by atoms with van der Waals surface area (Å²) in [5.41, 5.74) is 3.96. The van der Waals surface area contributed by atoms with Crippen LogP contribution in [0.3, 0.4) is 0 Å². The van der Waals surface area contributed by atoms with Crippen LogP contribution in [0, 0.1) is 0 Å². The van der Waals surface area contributed by atoms with Gasteiger partial charge in [0.25, 0.3) is 0 Å². The quantitative estimate of drug-likeness (QED) is 0.799. The highest BCUT2D eigenvalue weighted by atomic mass is 16.5. The van der Waals surface area contributed by atoms with E-state index in [1.54, 1.807) is 0 Å². The summed E-state index contributed by atoms with van der Waals surface area (Å²) in [6, 6.07) is 19.3. The lowest BCUT2D eigenvalue weighted by atomic mass is 9.90. The first-order chi connectivity index (χ1) is 9.20. The zero-order valence-electron chi connectivity index (χ0n) is 11.6. The maximum absolute atomic E-state index is 6.37. The molecule has 19 heavy (non-hydrogen) atoms. The second kappa shape index (κ2) is 4.82. The van der Waals surface area contributed by atoms with Crippen LogP contribution in [0.15, 0.2) is 54.6 Å². The van der Waals surface area contributed by atoms with Gasteiger partial charge in [-0.1, -0.05) is 54.6 Å². The molecular formula is C18H20O. The van der Waals surface area contributed by atoms with E-state index in [0.29, 0.717) is 0 Å². The van der Waals surface area contributed by atoms with Gasteiger partial charge < -0.3 is 4.74 Å². The van der Waals surface area contributed by atoms with Crippen molar-refractivity contribution < 1.29 is 4.74 Å². The Morgan fingerprint density at radius 1 is 0.842 bits per heavy atom. The lowest BCUT2D eigenvalue weighted by molar-refractivity contribution is -0.0790. The van der Waals surface area contributed by atoms with Gasteiger partial charge in [0, 0.05) is 12.8 Å². The average molecular weight is 252 g/mol. The van der Waals surface area contributed by atoms with E-state index in [4.69, 9.17) is 4.74 Å². The molecule has 0 spiro atoms. The van der Waals surface area contributed by atoms with Gasteiger partial charge in [0.2, 0.25) is 0 Å². The summed E-state index contributed by atoms with van der Waals surface area (Å²) in [5, 5.41) is 0. The van der Waals surface area contributed by atoms with Crippen molar-refractivity contribution in [2.75, 3.05) is 0 Å². The van der Waals surface area contributed by atoms with Crippen LogP contribution in [0.2, 0.25) is 0 Å². The Labute approximate surface area is 115 Å². The zero-order chi connectivity index (χ0) is 13.3. The molecule has 0 fully saturated rings. The normalized spacial score (nSPS) is 16.6. The van der Waals surface area contributed by atoms with Crippen molar-refractivity contribution in [3.8, 4) is 0 Å². The van der Waals surface area contributed by atoms with Gasteiger partial charge in [0.15, 0.2) is 0 Å². The Kier molecular flexibility index (Phi) is 3.16. The van der Waals surface area contributed by atoms with Crippen molar-refractivity contribution in [3.05, 3.63) is 71.3 Å². The van der Waals surface area contributed by atoms with Crippen molar-refractivity contribution in [2.24, 2.45) is 0 Å². The van der Waals surface area contributed by atoms with E-state index in [9.17, 15) is 0 Å². The van der Waals surface area contributed by atoms with Crippen molar-refractivity contribution >= 4 is 0 Å². The second-order valence-corrected chi connectivity index (χ2v) is 5.65. The Hall–Kier alpha value is -1.60. The van der Waals surface area contributed by atoms with Crippen LogP contribution in [0.4, 0.5) is 0 Å². The highest BCUT2D eigenvalue weighted by molar-refractivity contribution is 5.40.